The Kier molecular flexibility index (Phi) is 3.94. The molecule has 0 atom stereocenters. The molecule has 4 heteroatoms. The molecule has 0 spiro atoms. The number of amides is 1. The van der Waals surface area contributed by atoms with Gasteiger partial charge >= 0.3 is 0 Å². The van der Waals surface area contributed by atoms with Gasteiger partial charge in [-0.25, -0.2) is 4.39 Å². The van der Waals surface area contributed by atoms with E-state index in [9.17, 15) is 14.0 Å². The molecule has 3 nitrogen and oxygen atoms in total. The van der Waals surface area contributed by atoms with E-state index in [1.54, 1.807) is 12.1 Å². The maximum absolute atomic E-state index is 12.8. The van der Waals surface area contributed by atoms with Crippen LogP contribution in [-0.4, -0.2) is 11.7 Å². The number of aryl methyl sites for hydroxylation is 2. The zero-order valence-corrected chi connectivity index (χ0v) is 11.2. The summed E-state index contributed by atoms with van der Waals surface area (Å²) in [6.45, 7) is 3.81. The normalized spacial score (nSPS) is 10.2. The SMILES string of the molecule is Cc1cc(C)cc(NC(=O)C(=O)c2ccc(F)cc2)c1. The standard InChI is InChI=1S/C16H14FNO2/c1-10-7-11(2)9-14(8-10)18-16(20)15(19)12-3-5-13(17)6-4-12/h3-9H,1-2H3,(H,18,20). The van der Waals surface area contributed by atoms with Crippen LogP contribution in [0.1, 0.15) is 21.5 Å². The summed E-state index contributed by atoms with van der Waals surface area (Å²) in [5, 5.41) is 2.55. The number of benzene rings is 2. The number of carbonyl (C=O) groups is 2. The number of hydrogen-bond acceptors (Lipinski definition) is 2. The molecule has 0 aromatic heterocycles. The van der Waals surface area contributed by atoms with Gasteiger partial charge in [-0.05, 0) is 61.4 Å². The number of Topliss-reactive ketones (excluding diaryl/α,β-unsaturated/α-hetero) is 1. The summed E-state index contributed by atoms with van der Waals surface area (Å²) in [6, 6.07) is 10.4. The molecule has 0 saturated heterocycles. The average molecular weight is 271 g/mol. The summed E-state index contributed by atoms with van der Waals surface area (Å²) in [7, 11) is 0. The Morgan fingerprint density at radius 2 is 1.50 bits per heavy atom. The lowest BCUT2D eigenvalue weighted by Crippen LogP contribution is -2.22. The van der Waals surface area contributed by atoms with Gasteiger partial charge < -0.3 is 5.32 Å². The van der Waals surface area contributed by atoms with Crippen LogP contribution in [0.3, 0.4) is 0 Å². The van der Waals surface area contributed by atoms with Gasteiger partial charge in [-0.3, -0.25) is 9.59 Å². The maximum Gasteiger partial charge on any atom is 0.296 e. The molecule has 0 radical (unpaired) electrons. The Balaban J connectivity index is 2.15. The maximum atomic E-state index is 12.8. The smallest absolute Gasteiger partial charge is 0.296 e. The first-order valence-electron chi connectivity index (χ1n) is 6.15. The van der Waals surface area contributed by atoms with Crippen molar-refractivity contribution in [3.05, 3.63) is 65.0 Å². The summed E-state index contributed by atoms with van der Waals surface area (Å²) in [5.41, 5.74) is 2.72. The van der Waals surface area contributed by atoms with E-state index in [0.29, 0.717) is 5.69 Å². The average Bonchev–Trinajstić information content (AvgIpc) is 2.37. The van der Waals surface area contributed by atoms with Crippen LogP contribution in [0.25, 0.3) is 0 Å². The molecule has 0 aliphatic heterocycles. The Hall–Kier alpha value is -2.49. The van der Waals surface area contributed by atoms with Gasteiger partial charge in [0.25, 0.3) is 11.7 Å². The molecule has 0 heterocycles. The van der Waals surface area contributed by atoms with Crippen molar-refractivity contribution < 1.29 is 14.0 Å². The van der Waals surface area contributed by atoms with Crippen LogP contribution in [0.4, 0.5) is 10.1 Å². The van der Waals surface area contributed by atoms with Gasteiger partial charge in [0, 0.05) is 11.3 Å². The van der Waals surface area contributed by atoms with Crippen molar-refractivity contribution in [1.82, 2.24) is 0 Å². The van der Waals surface area contributed by atoms with E-state index in [-0.39, 0.29) is 5.56 Å². The second kappa shape index (κ2) is 5.65. The van der Waals surface area contributed by atoms with Crippen LogP contribution in [0.2, 0.25) is 0 Å². The van der Waals surface area contributed by atoms with Gasteiger partial charge in [0.1, 0.15) is 5.82 Å². The summed E-state index contributed by atoms with van der Waals surface area (Å²) < 4.78 is 12.8. The van der Waals surface area contributed by atoms with Crippen LogP contribution in [0.5, 0.6) is 0 Å². The number of carbonyl (C=O) groups excluding carboxylic acids is 2. The highest BCUT2D eigenvalue weighted by molar-refractivity contribution is 6.46. The van der Waals surface area contributed by atoms with Crippen molar-refractivity contribution in [2.24, 2.45) is 0 Å². The highest BCUT2D eigenvalue weighted by Gasteiger charge is 2.16. The Bertz CT molecular complexity index is 642. The third-order valence-corrected chi connectivity index (χ3v) is 2.79. The van der Waals surface area contributed by atoms with Gasteiger partial charge in [-0.2, -0.15) is 0 Å². The van der Waals surface area contributed by atoms with Gasteiger partial charge in [0.05, 0.1) is 0 Å². The van der Waals surface area contributed by atoms with Crippen LogP contribution < -0.4 is 5.32 Å². The highest BCUT2D eigenvalue weighted by atomic mass is 19.1. The van der Waals surface area contributed by atoms with Gasteiger partial charge in [0.15, 0.2) is 0 Å². The van der Waals surface area contributed by atoms with E-state index in [1.807, 2.05) is 19.9 Å². The molecule has 2 aromatic carbocycles. The molecule has 0 unspecified atom stereocenters. The van der Waals surface area contributed by atoms with Crippen LogP contribution in [0.15, 0.2) is 42.5 Å². The molecule has 2 aromatic rings. The lowest BCUT2D eigenvalue weighted by atomic mass is 10.1. The minimum Gasteiger partial charge on any atom is -0.319 e. The summed E-state index contributed by atoms with van der Waals surface area (Å²) >= 11 is 0. The first kappa shape index (κ1) is 13.9. The second-order valence-corrected chi connectivity index (χ2v) is 4.67. The molecule has 0 aliphatic rings. The van der Waals surface area contributed by atoms with E-state index in [1.165, 1.54) is 12.1 Å². The fourth-order valence-electron chi connectivity index (χ4n) is 1.97. The fourth-order valence-corrected chi connectivity index (χ4v) is 1.97. The van der Waals surface area contributed by atoms with Crippen molar-refractivity contribution in [3.8, 4) is 0 Å². The largest absolute Gasteiger partial charge is 0.319 e. The predicted octanol–water partition coefficient (Wildman–Crippen LogP) is 3.26. The zero-order chi connectivity index (χ0) is 14.7. The second-order valence-electron chi connectivity index (χ2n) is 4.67. The van der Waals surface area contributed by atoms with Crippen LogP contribution in [0, 0.1) is 19.7 Å². The minimum absolute atomic E-state index is 0.160. The lowest BCUT2D eigenvalue weighted by Gasteiger charge is -2.07. The molecule has 102 valence electrons. The predicted molar refractivity (Wildman–Crippen MR) is 75.3 cm³/mol. The van der Waals surface area contributed by atoms with Gasteiger partial charge in [0.2, 0.25) is 0 Å². The van der Waals surface area contributed by atoms with Gasteiger partial charge in [-0.1, -0.05) is 6.07 Å². The minimum atomic E-state index is -0.735. The molecule has 0 bridgehead atoms. The van der Waals surface area contributed by atoms with Crippen molar-refractivity contribution in [1.29, 1.82) is 0 Å². The summed E-state index contributed by atoms with van der Waals surface area (Å²) in [5.74, 6) is -1.87. The molecular weight excluding hydrogens is 257 g/mol. The number of rotatable bonds is 3. The summed E-state index contributed by atoms with van der Waals surface area (Å²) in [4.78, 5) is 23.8. The number of hydrogen-bond donors (Lipinski definition) is 1. The number of anilines is 1. The molecular formula is C16H14FNO2. The van der Waals surface area contributed by atoms with E-state index >= 15 is 0 Å². The monoisotopic (exact) mass is 271 g/mol. The molecule has 0 aliphatic carbocycles. The Morgan fingerprint density at radius 3 is 2.05 bits per heavy atom. The zero-order valence-electron chi connectivity index (χ0n) is 11.2. The van der Waals surface area contributed by atoms with Gasteiger partial charge in [-0.15, -0.1) is 0 Å². The van der Waals surface area contributed by atoms with Crippen LogP contribution in [-0.2, 0) is 4.79 Å². The molecule has 1 N–H and O–H groups in total. The van der Waals surface area contributed by atoms with Crippen molar-refractivity contribution in [2.75, 3.05) is 5.32 Å². The molecule has 20 heavy (non-hydrogen) atoms. The highest BCUT2D eigenvalue weighted by Crippen LogP contribution is 2.14. The number of nitrogens with one attached hydrogen (secondary N) is 1. The number of ketones is 1. The van der Waals surface area contributed by atoms with E-state index in [0.717, 1.165) is 23.3 Å². The van der Waals surface area contributed by atoms with Crippen LogP contribution >= 0.6 is 0 Å². The molecule has 2 rings (SSSR count). The fraction of sp³-hybridized carbons (Fsp3) is 0.125. The van der Waals surface area contributed by atoms with E-state index in [2.05, 4.69) is 5.32 Å². The Morgan fingerprint density at radius 1 is 0.950 bits per heavy atom. The third kappa shape index (κ3) is 3.29. The summed E-state index contributed by atoms with van der Waals surface area (Å²) in [6.07, 6.45) is 0. The quantitative estimate of drug-likeness (QED) is 0.688. The van der Waals surface area contributed by atoms with E-state index in [4.69, 9.17) is 0 Å². The molecule has 0 fully saturated rings. The Labute approximate surface area is 116 Å². The number of halogens is 1. The van der Waals surface area contributed by atoms with Crippen molar-refractivity contribution in [2.45, 2.75) is 13.8 Å². The topological polar surface area (TPSA) is 46.2 Å². The first-order chi connectivity index (χ1) is 9.45. The third-order valence-electron chi connectivity index (χ3n) is 2.79. The lowest BCUT2D eigenvalue weighted by molar-refractivity contribution is -0.112. The molecule has 1 amide bonds. The first-order valence-corrected chi connectivity index (χ1v) is 6.15. The van der Waals surface area contributed by atoms with Crippen molar-refractivity contribution in [3.63, 3.8) is 0 Å². The van der Waals surface area contributed by atoms with Crippen molar-refractivity contribution >= 4 is 17.4 Å². The molecule has 0 saturated carbocycles. The van der Waals surface area contributed by atoms with E-state index < -0.39 is 17.5 Å².